The van der Waals surface area contributed by atoms with Gasteiger partial charge in [0.1, 0.15) is 5.82 Å². The molecule has 0 atom stereocenters. The van der Waals surface area contributed by atoms with Crippen molar-refractivity contribution in [1.82, 2.24) is 19.1 Å². The summed E-state index contributed by atoms with van der Waals surface area (Å²) in [5.41, 5.74) is 9.83. The molecule has 7 aromatic carbocycles. The number of pyridine rings is 2. The van der Waals surface area contributed by atoms with Gasteiger partial charge in [0.05, 0.1) is 1.37 Å². The van der Waals surface area contributed by atoms with Gasteiger partial charge >= 0.3 is 0 Å². The summed E-state index contributed by atoms with van der Waals surface area (Å²) in [7, 11) is 0. The Kier molecular flexibility index (Phi) is 10.1. The predicted octanol–water partition coefficient (Wildman–Crippen LogP) is 15.9. The van der Waals surface area contributed by atoms with Crippen molar-refractivity contribution in [2.75, 3.05) is 4.90 Å². The smallest absolute Gasteiger partial charge is 0.135 e. The first kappa shape index (κ1) is 42.0. The molecule has 1 aliphatic heterocycles. The van der Waals surface area contributed by atoms with Crippen LogP contribution in [0.15, 0.2) is 176 Å². The van der Waals surface area contributed by atoms with Crippen LogP contribution in [0.4, 0.5) is 11.4 Å². The van der Waals surface area contributed by atoms with Crippen LogP contribution in [0, 0.1) is 18.8 Å². The van der Waals surface area contributed by atoms with Crippen LogP contribution in [0.5, 0.6) is 11.5 Å². The molecule has 0 spiro atoms. The quantitative estimate of drug-likeness (QED) is 0.161. The summed E-state index contributed by atoms with van der Waals surface area (Å²) in [4.78, 5) is 11.8. The second-order valence-corrected chi connectivity index (χ2v) is 19.6. The standard InChI is InChI=1S/C61H48N5O.Pt/c1-60(2,3)40-17-13-16-39(32-40)45-23-14-24-52-48-20-9-7-18-46(48)47-19-8-10-21-49(47)53-25-15-27-55-59(53)65(58(45)52)38-64(55)42-34-44(37-62-36-42)67-43-28-29-51-50-22-11-12-26-54(50)66(56(51)35-43)57-33-41(30-31-63-57)61(4,5)6;/h7-33,36-38H,1-6H3;/q-3;/i13D;. The molecule has 336 valence electrons. The van der Waals surface area contributed by atoms with Gasteiger partial charge in [-0.05, 0) is 119 Å². The van der Waals surface area contributed by atoms with Crippen LogP contribution < -0.4 is 9.64 Å². The van der Waals surface area contributed by atoms with E-state index in [1.807, 2.05) is 30.6 Å². The third-order valence-corrected chi connectivity index (χ3v) is 13.2. The predicted molar refractivity (Wildman–Crippen MR) is 277 cm³/mol. The minimum absolute atomic E-state index is 0. The van der Waals surface area contributed by atoms with E-state index in [0.717, 1.165) is 99.0 Å². The van der Waals surface area contributed by atoms with E-state index in [2.05, 4.69) is 208 Å². The fourth-order valence-corrected chi connectivity index (χ4v) is 9.85. The van der Waals surface area contributed by atoms with E-state index < -0.39 is 0 Å². The van der Waals surface area contributed by atoms with Gasteiger partial charge in [0.2, 0.25) is 0 Å². The summed E-state index contributed by atoms with van der Waals surface area (Å²) in [6.07, 6.45) is 5.43. The van der Waals surface area contributed by atoms with Gasteiger partial charge in [0.25, 0.3) is 0 Å². The Balaban J connectivity index is 0.00000520. The Bertz CT molecular complexity index is 3930. The van der Waals surface area contributed by atoms with Crippen molar-refractivity contribution < 1.29 is 27.2 Å². The largest absolute Gasteiger partial charge is 0.508 e. The minimum Gasteiger partial charge on any atom is -0.508 e. The van der Waals surface area contributed by atoms with Gasteiger partial charge in [-0.2, -0.15) is 6.07 Å². The number of fused-ring (bicyclic) bond motifs is 10. The van der Waals surface area contributed by atoms with Gasteiger partial charge in [0.15, 0.2) is 0 Å². The van der Waals surface area contributed by atoms with Crippen molar-refractivity contribution in [2.45, 2.75) is 52.4 Å². The molecule has 11 aromatic rings. The summed E-state index contributed by atoms with van der Waals surface area (Å²) in [6, 6.07) is 61.2. The third kappa shape index (κ3) is 7.18. The molecule has 0 amide bonds. The van der Waals surface area contributed by atoms with Gasteiger partial charge in [-0.1, -0.05) is 180 Å². The SMILES string of the molecule is [2H]c1cc(-c2cccc3c4ccccc4c4ccccc4c4cccc5c4n(c23)[CH-]N5c2[c-]c(Oc3[c-]c4c(cc3)c3ccccc3n4-c3cc(C(C)(C)C)ccn3)cnc2)cc(C(C)(C)C)c1.[Pt]. The average molecular weight is 1060 g/mol. The summed E-state index contributed by atoms with van der Waals surface area (Å²) < 4.78 is 20.2. The van der Waals surface area contributed by atoms with Gasteiger partial charge < -0.3 is 23.8 Å². The molecule has 12 rings (SSSR count). The molecule has 6 nitrogen and oxygen atoms in total. The van der Waals surface area contributed by atoms with E-state index >= 15 is 0 Å². The van der Waals surface area contributed by atoms with Crippen LogP contribution >= 0.6 is 0 Å². The van der Waals surface area contributed by atoms with Crippen molar-refractivity contribution in [1.29, 1.82) is 0 Å². The van der Waals surface area contributed by atoms with Crippen molar-refractivity contribution in [3.05, 3.63) is 206 Å². The van der Waals surface area contributed by atoms with E-state index in [0.29, 0.717) is 17.5 Å². The Morgan fingerprint density at radius 2 is 1.21 bits per heavy atom. The van der Waals surface area contributed by atoms with E-state index in [4.69, 9.17) is 16.1 Å². The third-order valence-electron chi connectivity index (χ3n) is 13.2. The molecule has 1 aliphatic rings. The van der Waals surface area contributed by atoms with E-state index in [-0.39, 0.29) is 31.9 Å². The molecule has 4 aromatic heterocycles. The number of anilines is 2. The number of hydrogen-bond acceptors (Lipinski definition) is 4. The van der Waals surface area contributed by atoms with Crippen LogP contribution in [0.2, 0.25) is 0 Å². The summed E-state index contributed by atoms with van der Waals surface area (Å²) in [5.74, 6) is 1.83. The molecule has 0 saturated carbocycles. The van der Waals surface area contributed by atoms with Gasteiger partial charge in [-0.15, -0.1) is 23.6 Å². The number of nitrogens with zero attached hydrogens (tertiary/aromatic N) is 5. The van der Waals surface area contributed by atoms with E-state index in [9.17, 15) is 0 Å². The fraction of sp³-hybridized carbons (Fsp3) is 0.131. The summed E-state index contributed by atoms with van der Waals surface area (Å²) in [5, 5.41) is 8.95. The van der Waals surface area contributed by atoms with Gasteiger partial charge in [0, 0.05) is 50.0 Å². The number of benzene rings is 7. The monoisotopic (exact) mass is 1060 g/mol. The fourth-order valence-electron chi connectivity index (χ4n) is 9.85. The summed E-state index contributed by atoms with van der Waals surface area (Å²) >= 11 is 0. The molecular weight excluding hydrogens is 1010 g/mol. The second kappa shape index (κ2) is 16.4. The first-order valence-corrected chi connectivity index (χ1v) is 22.9. The average Bonchev–Trinajstić information content (AvgIpc) is 3.90. The molecule has 0 bridgehead atoms. The zero-order chi connectivity index (χ0) is 46.5. The first-order chi connectivity index (χ1) is 32.9. The van der Waals surface area contributed by atoms with E-state index in [1.54, 1.807) is 6.20 Å². The number of para-hydroxylation sites is 3. The Morgan fingerprint density at radius 3 is 1.93 bits per heavy atom. The molecule has 0 aliphatic carbocycles. The second-order valence-electron chi connectivity index (χ2n) is 19.6. The van der Waals surface area contributed by atoms with Crippen molar-refractivity contribution >= 4 is 76.5 Å². The maximum atomic E-state index is 9.02. The maximum absolute atomic E-state index is 9.02. The van der Waals surface area contributed by atoms with Crippen molar-refractivity contribution in [3.8, 4) is 28.4 Å². The van der Waals surface area contributed by atoms with Gasteiger partial charge in [-0.3, -0.25) is 0 Å². The molecule has 0 saturated heterocycles. The number of rotatable bonds is 5. The van der Waals surface area contributed by atoms with Crippen LogP contribution in [0.3, 0.4) is 0 Å². The molecule has 0 fully saturated rings. The number of ether oxygens (including phenoxy) is 1. The molecule has 5 heterocycles. The molecular formula is C61H48N5OPt-3. The van der Waals surface area contributed by atoms with Crippen molar-refractivity contribution in [2.24, 2.45) is 0 Å². The molecule has 0 radical (unpaired) electrons. The minimum atomic E-state index is -0.149. The maximum Gasteiger partial charge on any atom is 0.135 e. The molecule has 0 N–H and O–H groups in total. The summed E-state index contributed by atoms with van der Waals surface area (Å²) in [6.45, 7) is 15.4. The van der Waals surface area contributed by atoms with Crippen LogP contribution in [0.1, 0.15) is 54.0 Å². The zero-order valence-corrected chi connectivity index (χ0v) is 41.0. The first-order valence-electron chi connectivity index (χ1n) is 23.4. The Hall–Kier alpha value is -7.40. The number of aromatic nitrogens is 4. The molecule has 68 heavy (non-hydrogen) atoms. The van der Waals surface area contributed by atoms with Crippen LogP contribution in [-0.2, 0) is 31.9 Å². The van der Waals surface area contributed by atoms with Crippen LogP contribution in [-0.4, -0.2) is 19.1 Å². The number of hydrogen-bond donors (Lipinski definition) is 0. The normalized spacial score (nSPS) is 12.7. The van der Waals surface area contributed by atoms with Crippen LogP contribution in [0.25, 0.3) is 82.1 Å². The van der Waals surface area contributed by atoms with Gasteiger partial charge in [-0.25, -0.2) is 4.98 Å². The van der Waals surface area contributed by atoms with Crippen molar-refractivity contribution in [3.63, 3.8) is 0 Å². The topological polar surface area (TPSA) is 48.1 Å². The molecule has 0 unspecified atom stereocenters. The molecule has 7 heteroatoms. The Labute approximate surface area is 412 Å². The Morgan fingerprint density at radius 1 is 0.574 bits per heavy atom. The zero-order valence-electron chi connectivity index (χ0n) is 39.7. The van der Waals surface area contributed by atoms with E-state index in [1.165, 1.54) is 5.56 Å².